The van der Waals surface area contributed by atoms with E-state index in [0.717, 1.165) is 11.3 Å². The van der Waals surface area contributed by atoms with Crippen LogP contribution >= 0.6 is 11.8 Å². The highest BCUT2D eigenvalue weighted by atomic mass is 32.2. The van der Waals surface area contributed by atoms with E-state index < -0.39 is 5.25 Å². The Hall–Kier alpha value is -3.92. The summed E-state index contributed by atoms with van der Waals surface area (Å²) in [5.74, 6) is 1.22. The summed E-state index contributed by atoms with van der Waals surface area (Å²) in [5.41, 5.74) is 4.55. The van der Waals surface area contributed by atoms with Gasteiger partial charge in [0.1, 0.15) is 23.5 Å². The highest BCUT2D eigenvalue weighted by Gasteiger charge is 2.25. The lowest BCUT2D eigenvalue weighted by Crippen LogP contribution is -2.11. The minimum Gasteiger partial charge on any atom is -0.493 e. The predicted octanol–water partition coefficient (Wildman–Crippen LogP) is 6.03. The van der Waals surface area contributed by atoms with E-state index in [1.165, 1.54) is 36.6 Å². The Morgan fingerprint density at radius 1 is 1.03 bits per heavy atom. The highest BCUT2D eigenvalue weighted by molar-refractivity contribution is 7.99. The van der Waals surface area contributed by atoms with Crippen LogP contribution in [0.15, 0.2) is 65.8 Å². The first kappa shape index (κ1) is 26.2. The summed E-state index contributed by atoms with van der Waals surface area (Å²) in [6.45, 7) is 5.75. The molecule has 0 saturated carbocycles. The standard InChI is InChI=1S/C27H27FN4O4S/c1-17-8-10-23(12-18(17)2)32-19(3)29-30-27(32)37-26(15-31(33)34)21-9-11-24(25(14-21)35-4)36-16-20-6-5-7-22(28)13-20/h5-14,26H,15-16H2,1-4H3/t26-/m0/s1. The highest BCUT2D eigenvalue weighted by Crippen LogP contribution is 2.39. The molecule has 0 aliphatic heterocycles. The maximum atomic E-state index is 13.5. The van der Waals surface area contributed by atoms with Gasteiger partial charge in [-0.1, -0.05) is 36.0 Å². The monoisotopic (exact) mass is 522 g/mol. The lowest BCUT2D eigenvalue weighted by atomic mass is 10.1. The number of aryl methyl sites for hydroxylation is 3. The number of nitro groups is 1. The number of hydrogen-bond donors (Lipinski definition) is 0. The first-order valence-corrected chi connectivity index (χ1v) is 12.5. The molecule has 1 aromatic heterocycles. The molecule has 1 atom stereocenters. The summed E-state index contributed by atoms with van der Waals surface area (Å²) >= 11 is 1.27. The van der Waals surface area contributed by atoms with Crippen molar-refractivity contribution in [3.8, 4) is 17.2 Å². The number of hydrogen-bond acceptors (Lipinski definition) is 7. The minimum atomic E-state index is -0.560. The Balaban J connectivity index is 1.62. The Morgan fingerprint density at radius 2 is 1.84 bits per heavy atom. The average Bonchev–Trinajstić information content (AvgIpc) is 3.23. The van der Waals surface area contributed by atoms with E-state index in [0.29, 0.717) is 33.6 Å². The number of halogens is 1. The molecule has 10 heteroatoms. The maximum Gasteiger partial charge on any atom is 0.220 e. The average molecular weight is 523 g/mol. The van der Waals surface area contributed by atoms with Gasteiger partial charge in [-0.05, 0) is 79.4 Å². The summed E-state index contributed by atoms with van der Waals surface area (Å²) in [6.07, 6.45) is 0. The van der Waals surface area contributed by atoms with Crippen molar-refractivity contribution in [1.29, 1.82) is 0 Å². The number of nitrogens with zero attached hydrogens (tertiary/aromatic N) is 4. The summed E-state index contributed by atoms with van der Waals surface area (Å²) < 4.78 is 26.7. The van der Waals surface area contributed by atoms with Crippen LogP contribution in [0.4, 0.5) is 4.39 Å². The number of aromatic nitrogens is 3. The molecule has 0 aliphatic rings. The van der Waals surface area contributed by atoms with Gasteiger partial charge in [0.25, 0.3) is 0 Å². The number of thioether (sulfide) groups is 1. The number of benzene rings is 3. The van der Waals surface area contributed by atoms with Crippen molar-refractivity contribution < 1.29 is 18.8 Å². The molecule has 1 heterocycles. The van der Waals surface area contributed by atoms with Crippen LogP contribution in [-0.4, -0.2) is 33.3 Å². The quantitative estimate of drug-likeness (QED) is 0.143. The predicted molar refractivity (Wildman–Crippen MR) is 140 cm³/mol. The van der Waals surface area contributed by atoms with Gasteiger partial charge in [0.15, 0.2) is 16.7 Å². The van der Waals surface area contributed by atoms with Gasteiger partial charge >= 0.3 is 0 Å². The van der Waals surface area contributed by atoms with Gasteiger partial charge in [-0.2, -0.15) is 0 Å². The van der Waals surface area contributed by atoms with Crippen molar-refractivity contribution >= 4 is 11.8 Å². The summed E-state index contributed by atoms with van der Waals surface area (Å²) in [5, 5.41) is 20.1. The fourth-order valence-corrected chi connectivity index (χ4v) is 5.01. The SMILES string of the molecule is COc1cc([C@H](C[N+](=O)[O-])Sc2nnc(C)n2-c2ccc(C)c(C)c2)ccc1OCc1cccc(F)c1. The molecule has 8 nitrogen and oxygen atoms in total. The van der Waals surface area contributed by atoms with Crippen molar-refractivity contribution in [2.75, 3.05) is 13.7 Å². The molecular weight excluding hydrogens is 495 g/mol. The third-order valence-electron chi connectivity index (χ3n) is 5.95. The number of ether oxygens (including phenoxy) is 2. The molecule has 0 bridgehead atoms. The van der Waals surface area contributed by atoms with E-state index in [1.54, 1.807) is 30.3 Å². The second kappa shape index (κ2) is 11.4. The zero-order valence-corrected chi connectivity index (χ0v) is 21.8. The zero-order chi connectivity index (χ0) is 26.5. The van der Waals surface area contributed by atoms with Gasteiger partial charge in [-0.25, -0.2) is 4.39 Å². The molecule has 192 valence electrons. The molecule has 0 spiro atoms. The van der Waals surface area contributed by atoms with E-state index in [9.17, 15) is 14.5 Å². The van der Waals surface area contributed by atoms with Gasteiger partial charge in [0.05, 0.1) is 7.11 Å². The van der Waals surface area contributed by atoms with E-state index in [1.807, 2.05) is 43.5 Å². The molecule has 0 amide bonds. The first-order valence-electron chi connectivity index (χ1n) is 11.6. The molecule has 4 aromatic rings. The molecule has 0 saturated heterocycles. The lowest BCUT2D eigenvalue weighted by Gasteiger charge is -2.17. The zero-order valence-electron chi connectivity index (χ0n) is 21.0. The van der Waals surface area contributed by atoms with Gasteiger partial charge in [-0.3, -0.25) is 14.7 Å². The van der Waals surface area contributed by atoms with Crippen LogP contribution in [0.25, 0.3) is 5.69 Å². The van der Waals surface area contributed by atoms with Crippen LogP contribution in [0, 0.1) is 36.7 Å². The Bertz CT molecular complexity index is 1430. The fourth-order valence-electron chi connectivity index (χ4n) is 3.85. The first-order chi connectivity index (χ1) is 17.7. The fraction of sp³-hybridized carbons (Fsp3) is 0.259. The summed E-state index contributed by atoms with van der Waals surface area (Å²) in [4.78, 5) is 11.2. The van der Waals surface area contributed by atoms with E-state index in [-0.39, 0.29) is 23.9 Å². The van der Waals surface area contributed by atoms with Crippen LogP contribution in [0.2, 0.25) is 0 Å². The van der Waals surface area contributed by atoms with Gasteiger partial charge in [-0.15, -0.1) is 10.2 Å². The van der Waals surface area contributed by atoms with Crippen LogP contribution in [0.5, 0.6) is 11.5 Å². The second-order valence-electron chi connectivity index (χ2n) is 8.58. The molecule has 0 unspecified atom stereocenters. The van der Waals surface area contributed by atoms with Crippen molar-refractivity contribution in [2.45, 2.75) is 37.8 Å². The van der Waals surface area contributed by atoms with Crippen molar-refractivity contribution in [1.82, 2.24) is 14.8 Å². The maximum absolute atomic E-state index is 13.5. The molecule has 4 rings (SSSR count). The van der Waals surface area contributed by atoms with Crippen molar-refractivity contribution in [3.63, 3.8) is 0 Å². The second-order valence-corrected chi connectivity index (χ2v) is 9.75. The summed E-state index contributed by atoms with van der Waals surface area (Å²) in [7, 11) is 1.50. The van der Waals surface area contributed by atoms with E-state index >= 15 is 0 Å². The molecule has 0 aliphatic carbocycles. The van der Waals surface area contributed by atoms with Crippen LogP contribution in [0.3, 0.4) is 0 Å². The lowest BCUT2D eigenvalue weighted by molar-refractivity contribution is -0.479. The van der Waals surface area contributed by atoms with Crippen LogP contribution < -0.4 is 9.47 Å². The van der Waals surface area contributed by atoms with Gasteiger partial charge < -0.3 is 9.47 Å². The van der Waals surface area contributed by atoms with E-state index in [4.69, 9.17) is 9.47 Å². The summed E-state index contributed by atoms with van der Waals surface area (Å²) in [6, 6.07) is 17.4. The van der Waals surface area contributed by atoms with Gasteiger partial charge in [0, 0.05) is 10.6 Å². The van der Waals surface area contributed by atoms with E-state index in [2.05, 4.69) is 10.2 Å². The largest absolute Gasteiger partial charge is 0.493 e. The molecule has 3 aromatic carbocycles. The topological polar surface area (TPSA) is 92.3 Å². The van der Waals surface area contributed by atoms with Crippen molar-refractivity contribution in [3.05, 3.63) is 105 Å². The Kier molecular flexibility index (Phi) is 8.08. The molecule has 37 heavy (non-hydrogen) atoms. The Morgan fingerprint density at radius 3 is 2.54 bits per heavy atom. The number of rotatable bonds is 10. The molecular formula is C27H27FN4O4S. The van der Waals surface area contributed by atoms with Crippen LogP contribution in [0.1, 0.15) is 33.3 Å². The van der Waals surface area contributed by atoms with Gasteiger partial charge in [0.2, 0.25) is 6.54 Å². The minimum absolute atomic E-state index is 0.152. The Labute approximate surface area is 218 Å². The van der Waals surface area contributed by atoms with Crippen molar-refractivity contribution in [2.24, 2.45) is 0 Å². The normalized spacial score (nSPS) is 11.8. The third kappa shape index (κ3) is 6.26. The number of methoxy groups -OCH3 is 1. The molecule has 0 N–H and O–H groups in total. The third-order valence-corrected chi connectivity index (χ3v) is 7.13. The smallest absolute Gasteiger partial charge is 0.220 e. The van der Waals surface area contributed by atoms with Crippen LogP contribution in [-0.2, 0) is 6.61 Å². The molecule has 0 fully saturated rings. The molecule has 0 radical (unpaired) electrons.